The normalized spacial score (nSPS) is 17.9. The predicted molar refractivity (Wildman–Crippen MR) is 93.6 cm³/mol. The maximum Gasteiger partial charge on any atom is 0.223 e. The SMILES string of the molecule is Cc1nn(C)c(C)c1[C@H]1CCCN1C(=O)CCCc1cccs1. The van der Waals surface area contributed by atoms with Gasteiger partial charge in [0.05, 0.1) is 11.7 Å². The lowest BCUT2D eigenvalue weighted by molar-refractivity contribution is -0.132. The lowest BCUT2D eigenvalue weighted by Gasteiger charge is -2.25. The molecule has 0 aliphatic carbocycles. The fourth-order valence-electron chi connectivity index (χ4n) is 3.65. The maximum absolute atomic E-state index is 12.7. The standard InChI is InChI=1S/C18H25N3OS/c1-13-18(14(2)20(3)19-13)16-9-5-11-21(16)17(22)10-4-7-15-8-6-12-23-15/h6,8,12,16H,4-5,7,9-11H2,1-3H3/t16-/m1/s1. The van der Waals surface area contributed by atoms with Gasteiger partial charge in [-0.15, -0.1) is 11.3 Å². The molecular formula is C18H25N3OS. The number of carbonyl (C=O) groups is 1. The van der Waals surface area contributed by atoms with E-state index in [0.29, 0.717) is 12.3 Å². The summed E-state index contributed by atoms with van der Waals surface area (Å²) in [5.41, 5.74) is 3.51. The summed E-state index contributed by atoms with van der Waals surface area (Å²) < 4.78 is 1.93. The molecule has 1 atom stereocenters. The van der Waals surface area contributed by atoms with Gasteiger partial charge in [0.2, 0.25) is 5.91 Å². The van der Waals surface area contributed by atoms with E-state index < -0.39 is 0 Å². The molecule has 2 aromatic heterocycles. The Kier molecular flexibility index (Phi) is 4.85. The first-order valence-electron chi connectivity index (χ1n) is 8.40. The highest BCUT2D eigenvalue weighted by molar-refractivity contribution is 7.09. The van der Waals surface area contributed by atoms with E-state index in [1.807, 2.05) is 11.7 Å². The zero-order chi connectivity index (χ0) is 16.4. The van der Waals surface area contributed by atoms with Crippen LogP contribution in [0.1, 0.15) is 53.6 Å². The molecule has 0 saturated carbocycles. The molecule has 1 amide bonds. The molecule has 1 aliphatic heterocycles. The van der Waals surface area contributed by atoms with Crippen molar-refractivity contribution in [2.45, 2.75) is 52.0 Å². The largest absolute Gasteiger partial charge is 0.336 e. The van der Waals surface area contributed by atoms with Crippen LogP contribution in [0.15, 0.2) is 17.5 Å². The Morgan fingerprint density at radius 1 is 1.43 bits per heavy atom. The van der Waals surface area contributed by atoms with E-state index in [-0.39, 0.29) is 6.04 Å². The molecule has 5 heteroatoms. The topological polar surface area (TPSA) is 38.1 Å². The first-order chi connectivity index (χ1) is 11.1. The Morgan fingerprint density at radius 3 is 2.91 bits per heavy atom. The van der Waals surface area contributed by atoms with Gasteiger partial charge in [0.15, 0.2) is 0 Å². The molecule has 0 spiro atoms. The lowest BCUT2D eigenvalue weighted by atomic mass is 10.0. The van der Waals surface area contributed by atoms with Crippen LogP contribution in [0.5, 0.6) is 0 Å². The first-order valence-corrected chi connectivity index (χ1v) is 9.28. The highest BCUT2D eigenvalue weighted by atomic mass is 32.1. The molecule has 0 bridgehead atoms. The molecule has 3 heterocycles. The molecule has 0 N–H and O–H groups in total. The van der Waals surface area contributed by atoms with Gasteiger partial charge in [-0.1, -0.05) is 6.07 Å². The zero-order valence-electron chi connectivity index (χ0n) is 14.2. The number of aryl methyl sites for hydroxylation is 3. The third kappa shape index (κ3) is 3.34. The first kappa shape index (κ1) is 16.2. The molecule has 1 fully saturated rings. The zero-order valence-corrected chi connectivity index (χ0v) is 15.0. The Balaban J connectivity index is 1.65. The molecule has 0 unspecified atom stereocenters. The smallest absolute Gasteiger partial charge is 0.223 e. The molecule has 1 aliphatic rings. The molecule has 3 rings (SSSR count). The molecule has 4 nitrogen and oxygen atoms in total. The van der Waals surface area contributed by atoms with Crippen LogP contribution in [0.4, 0.5) is 0 Å². The Bertz CT molecular complexity index is 675. The van der Waals surface area contributed by atoms with Gasteiger partial charge in [-0.25, -0.2) is 0 Å². The van der Waals surface area contributed by atoms with E-state index in [9.17, 15) is 4.79 Å². The Labute approximate surface area is 142 Å². The fraction of sp³-hybridized carbons (Fsp3) is 0.556. The highest BCUT2D eigenvalue weighted by Crippen LogP contribution is 2.35. The van der Waals surface area contributed by atoms with Gasteiger partial charge in [-0.05, 0) is 51.0 Å². The number of likely N-dealkylation sites (tertiary alicyclic amines) is 1. The van der Waals surface area contributed by atoms with Gasteiger partial charge in [-0.2, -0.15) is 5.10 Å². The van der Waals surface area contributed by atoms with Gasteiger partial charge >= 0.3 is 0 Å². The van der Waals surface area contributed by atoms with Crippen molar-refractivity contribution in [3.05, 3.63) is 39.3 Å². The van der Waals surface area contributed by atoms with Crippen LogP contribution >= 0.6 is 11.3 Å². The van der Waals surface area contributed by atoms with Crippen molar-refractivity contribution in [1.82, 2.24) is 14.7 Å². The molecule has 0 aromatic carbocycles. The summed E-state index contributed by atoms with van der Waals surface area (Å²) in [6.07, 6.45) is 4.74. The summed E-state index contributed by atoms with van der Waals surface area (Å²) in [7, 11) is 1.98. The second kappa shape index (κ2) is 6.87. The van der Waals surface area contributed by atoms with Gasteiger partial charge in [0.1, 0.15) is 0 Å². The number of thiophene rings is 1. The molecular weight excluding hydrogens is 306 g/mol. The van der Waals surface area contributed by atoms with E-state index in [0.717, 1.165) is 37.9 Å². The van der Waals surface area contributed by atoms with E-state index in [2.05, 4.69) is 41.4 Å². The average Bonchev–Trinajstić information content (AvgIpc) is 3.22. The third-order valence-electron chi connectivity index (χ3n) is 4.87. The maximum atomic E-state index is 12.7. The second-order valence-corrected chi connectivity index (χ2v) is 7.42. The van der Waals surface area contributed by atoms with E-state index in [1.54, 1.807) is 11.3 Å². The minimum absolute atomic E-state index is 0.220. The number of amides is 1. The quantitative estimate of drug-likeness (QED) is 0.836. The lowest BCUT2D eigenvalue weighted by Crippen LogP contribution is -2.31. The summed E-state index contributed by atoms with van der Waals surface area (Å²) in [5, 5.41) is 6.62. The van der Waals surface area contributed by atoms with Gasteiger partial charge in [-0.3, -0.25) is 9.48 Å². The number of nitrogens with zero attached hydrogens (tertiary/aromatic N) is 3. The van der Waals surface area contributed by atoms with Crippen LogP contribution in [0, 0.1) is 13.8 Å². The minimum Gasteiger partial charge on any atom is -0.336 e. The minimum atomic E-state index is 0.220. The molecule has 0 radical (unpaired) electrons. The second-order valence-electron chi connectivity index (χ2n) is 6.39. The van der Waals surface area contributed by atoms with Crippen molar-refractivity contribution in [2.24, 2.45) is 7.05 Å². The van der Waals surface area contributed by atoms with Crippen molar-refractivity contribution >= 4 is 17.2 Å². The summed E-state index contributed by atoms with van der Waals surface area (Å²) in [4.78, 5) is 16.1. The fourth-order valence-corrected chi connectivity index (χ4v) is 4.40. The van der Waals surface area contributed by atoms with Gasteiger partial charge < -0.3 is 4.90 Å². The molecule has 124 valence electrons. The Morgan fingerprint density at radius 2 is 2.26 bits per heavy atom. The third-order valence-corrected chi connectivity index (χ3v) is 5.80. The highest BCUT2D eigenvalue weighted by Gasteiger charge is 2.32. The van der Waals surface area contributed by atoms with Crippen LogP contribution < -0.4 is 0 Å². The van der Waals surface area contributed by atoms with Crippen molar-refractivity contribution < 1.29 is 4.79 Å². The summed E-state index contributed by atoms with van der Waals surface area (Å²) in [5.74, 6) is 0.298. The Hall–Kier alpha value is -1.62. The van der Waals surface area contributed by atoms with Crippen molar-refractivity contribution in [2.75, 3.05) is 6.54 Å². The number of aromatic nitrogens is 2. The summed E-state index contributed by atoms with van der Waals surface area (Å²) >= 11 is 1.77. The van der Waals surface area contributed by atoms with Crippen LogP contribution in [0.2, 0.25) is 0 Å². The van der Waals surface area contributed by atoms with Crippen LogP contribution in [0.3, 0.4) is 0 Å². The average molecular weight is 331 g/mol. The monoisotopic (exact) mass is 331 g/mol. The van der Waals surface area contributed by atoms with Crippen LogP contribution in [-0.4, -0.2) is 27.1 Å². The van der Waals surface area contributed by atoms with E-state index in [1.165, 1.54) is 16.1 Å². The van der Waals surface area contributed by atoms with Crippen molar-refractivity contribution in [3.63, 3.8) is 0 Å². The predicted octanol–water partition coefficient (Wildman–Crippen LogP) is 3.78. The van der Waals surface area contributed by atoms with Gasteiger partial charge in [0.25, 0.3) is 0 Å². The van der Waals surface area contributed by atoms with E-state index >= 15 is 0 Å². The molecule has 2 aromatic rings. The summed E-state index contributed by atoms with van der Waals surface area (Å²) in [6.45, 7) is 5.05. The van der Waals surface area contributed by atoms with Crippen LogP contribution in [-0.2, 0) is 18.3 Å². The van der Waals surface area contributed by atoms with E-state index in [4.69, 9.17) is 0 Å². The molecule has 23 heavy (non-hydrogen) atoms. The number of hydrogen-bond donors (Lipinski definition) is 0. The van der Waals surface area contributed by atoms with Crippen LogP contribution in [0.25, 0.3) is 0 Å². The van der Waals surface area contributed by atoms with Crippen molar-refractivity contribution in [1.29, 1.82) is 0 Å². The number of hydrogen-bond acceptors (Lipinski definition) is 3. The van der Waals surface area contributed by atoms with Gasteiger partial charge in [0, 0.05) is 36.1 Å². The summed E-state index contributed by atoms with van der Waals surface area (Å²) in [6, 6.07) is 4.44. The number of rotatable bonds is 5. The number of carbonyl (C=O) groups excluding carboxylic acids is 1. The van der Waals surface area contributed by atoms with Crippen molar-refractivity contribution in [3.8, 4) is 0 Å². The molecule has 1 saturated heterocycles.